The van der Waals surface area contributed by atoms with Gasteiger partial charge in [0.15, 0.2) is 23.6 Å². The van der Waals surface area contributed by atoms with Crippen LogP contribution in [0.2, 0.25) is 0 Å². The SMILES string of the molecule is N[C@@H](c1cc(F)c(F)c(F)c1)[C@H](O)C(F)(F)F. The quantitative estimate of drug-likeness (QED) is 0.630. The van der Waals surface area contributed by atoms with Gasteiger partial charge >= 0.3 is 6.18 Å². The number of halogens is 6. The molecule has 0 spiro atoms. The summed E-state index contributed by atoms with van der Waals surface area (Å²) < 4.78 is 74.2. The molecule has 8 heteroatoms. The summed E-state index contributed by atoms with van der Waals surface area (Å²) in [4.78, 5) is 0. The van der Waals surface area contributed by atoms with E-state index < -0.39 is 41.3 Å². The summed E-state index contributed by atoms with van der Waals surface area (Å²) >= 11 is 0. The van der Waals surface area contributed by atoms with Crippen LogP contribution in [0.15, 0.2) is 12.1 Å². The number of hydrogen-bond donors (Lipinski definition) is 2. The van der Waals surface area contributed by atoms with Gasteiger partial charge in [0, 0.05) is 0 Å². The van der Waals surface area contributed by atoms with E-state index in [9.17, 15) is 26.3 Å². The number of nitrogens with two attached hydrogens (primary N) is 1. The zero-order valence-electron chi connectivity index (χ0n) is 8.10. The Morgan fingerprint density at radius 1 is 1.06 bits per heavy atom. The Kier molecular flexibility index (Phi) is 3.68. The first-order valence-electron chi connectivity index (χ1n) is 4.29. The number of aliphatic hydroxyl groups excluding tert-OH is 1. The number of benzene rings is 1. The topological polar surface area (TPSA) is 46.2 Å². The third-order valence-electron chi connectivity index (χ3n) is 2.07. The summed E-state index contributed by atoms with van der Waals surface area (Å²) in [5, 5.41) is 8.77. The summed E-state index contributed by atoms with van der Waals surface area (Å²) in [5.74, 6) is -5.17. The summed E-state index contributed by atoms with van der Waals surface area (Å²) in [6.45, 7) is 0. The normalized spacial score (nSPS) is 15.8. The predicted octanol–water partition coefficient (Wildman–Crippen LogP) is 2.03. The molecule has 1 aromatic carbocycles. The summed E-state index contributed by atoms with van der Waals surface area (Å²) in [7, 11) is 0. The van der Waals surface area contributed by atoms with Crippen molar-refractivity contribution in [3.8, 4) is 0 Å². The molecule has 0 saturated carbocycles. The first-order valence-corrected chi connectivity index (χ1v) is 4.29. The van der Waals surface area contributed by atoms with Crippen molar-refractivity contribution in [3.05, 3.63) is 35.1 Å². The lowest BCUT2D eigenvalue weighted by Gasteiger charge is -2.21. The van der Waals surface area contributed by atoms with Crippen LogP contribution in [-0.4, -0.2) is 17.4 Å². The number of alkyl halides is 3. The molecule has 96 valence electrons. The molecule has 0 amide bonds. The Balaban J connectivity index is 3.09. The van der Waals surface area contributed by atoms with Crippen LogP contribution in [0.25, 0.3) is 0 Å². The van der Waals surface area contributed by atoms with Crippen molar-refractivity contribution < 1.29 is 31.4 Å². The standard InChI is InChI=1S/C9H7F6NO/c10-4-1-3(2-5(11)6(4)12)7(16)8(17)9(13,14)15/h1-2,7-8,17H,16H2/t7-,8-/m0/s1. The molecule has 17 heavy (non-hydrogen) atoms. The Hall–Kier alpha value is -1.28. The van der Waals surface area contributed by atoms with E-state index in [0.717, 1.165) is 0 Å². The van der Waals surface area contributed by atoms with Crippen molar-refractivity contribution in [2.24, 2.45) is 5.73 Å². The van der Waals surface area contributed by atoms with Crippen molar-refractivity contribution >= 4 is 0 Å². The monoisotopic (exact) mass is 259 g/mol. The lowest BCUT2D eigenvalue weighted by molar-refractivity contribution is -0.210. The van der Waals surface area contributed by atoms with E-state index in [1.807, 2.05) is 0 Å². The average molecular weight is 259 g/mol. The van der Waals surface area contributed by atoms with E-state index in [2.05, 4.69) is 0 Å². The molecule has 0 aliphatic carbocycles. The van der Waals surface area contributed by atoms with E-state index in [4.69, 9.17) is 10.8 Å². The maximum Gasteiger partial charge on any atom is 0.416 e. The van der Waals surface area contributed by atoms with E-state index in [1.54, 1.807) is 0 Å². The van der Waals surface area contributed by atoms with Gasteiger partial charge in [-0.1, -0.05) is 0 Å². The molecule has 0 bridgehead atoms. The minimum atomic E-state index is -5.04. The molecule has 0 aliphatic heterocycles. The van der Waals surface area contributed by atoms with Crippen molar-refractivity contribution in [3.63, 3.8) is 0 Å². The number of rotatable bonds is 2. The zero-order chi connectivity index (χ0) is 13.4. The molecule has 2 atom stereocenters. The molecule has 0 saturated heterocycles. The van der Waals surface area contributed by atoms with Crippen LogP contribution in [0.5, 0.6) is 0 Å². The highest BCUT2D eigenvalue weighted by Crippen LogP contribution is 2.29. The Labute approximate surface area is 91.7 Å². The van der Waals surface area contributed by atoms with E-state index >= 15 is 0 Å². The first kappa shape index (κ1) is 13.8. The molecule has 0 radical (unpaired) electrons. The van der Waals surface area contributed by atoms with Crippen LogP contribution in [0.1, 0.15) is 11.6 Å². The molecular formula is C9H7F6NO. The third-order valence-corrected chi connectivity index (χ3v) is 2.07. The van der Waals surface area contributed by atoms with E-state index in [-0.39, 0.29) is 0 Å². The van der Waals surface area contributed by atoms with Crippen LogP contribution in [0.3, 0.4) is 0 Å². The molecule has 0 unspecified atom stereocenters. The van der Waals surface area contributed by atoms with Crippen molar-refractivity contribution in [2.75, 3.05) is 0 Å². The molecule has 0 fully saturated rings. The lowest BCUT2D eigenvalue weighted by atomic mass is 10.0. The van der Waals surface area contributed by atoms with Crippen LogP contribution in [-0.2, 0) is 0 Å². The van der Waals surface area contributed by atoms with Crippen molar-refractivity contribution in [2.45, 2.75) is 18.3 Å². The van der Waals surface area contributed by atoms with Crippen LogP contribution in [0, 0.1) is 17.5 Å². The highest BCUT2D eigenvalue weighted by Gasteiger charge is 2.43. The van der Waals surface area contributed by atoms with Crippen molar-refractivity contribution in [1.82, 2.24) is 0 Å². The molecule has 0 heterocycles. The molecule has 2 nitrogen and oxygen atoms in total. The molecule has 0 aromatic heterocycles. The lowest BCUT2D eigenvalue weighted by Crippen LogP contribution is -2.39. The number of hydrogen-bond acceptors (Lipinski definition) is 2. The van der Waals surface area contributed by atoms with Crippen molar-refractivity contribution in [1.29, 1.82) is 0 Å². The Bertz CT molecular complexity index is 395. The molecule has 0 aliphatic rings. The van der Waals surface area contributed by atoms with E-state index in [0.29, 0.717) is 12.1 Å². The maximum absolute atomic E-state index is 12.7. The second kappa shape index (κ2) is 4.53. The minimum absolute atomic E-state index is 0.304. The van der Waals surface area contributed by atoms with Gasteiger partial charge in [-0.15, -0.1) is 0 Å². The summed E-state index contributed by atoms with van der Waals surface area (Å²) in [6, 6.07) is -1.49. The highest BCUT2D eigenvalue weighted by atomic mass is 19.4. The second-order valence-electron chi connectivity index (χ2n) is 3.31. The smallest absolute Gasteiger partial charge is 0.382 e. The van der Waals surface area contributed by atoms with Gasteiger partial charge in [-0.2, -0.15) is 13.2 Å². The van der Waals surface area contributed by atoms with Crippen LogP contribution >= 0.6 is 0 Å². The zero-order valence-corrected chi connectivity index (χ0v) is 8.10. The maximum atomic E-state index is 12.7. The largest absolute Gasteiger partial charge is 0.416 e. The van der Waals surface area contributed by atoms with Crippen LogP contribution in [0.4, 0.5) is 26.3 Å². The van der Waals surface area contributed by atoms with E-state index in [1.165, 1.54) is 0 Å². The average Bonchev–Trinajstić information content (AvgIpc) is 2.21. The molecule has 3 N–H and O–H groups in total. The van der Waals surface area contributed by atoms with Gasteiger partial charge in [-0.25, -0.2) is 13.2 Å². The summed E-state index contributed by atoms with van der Waals surface area (Å²) in [6.07, 6.45) is -8.03. The fourth-order valence-corrected chi connectivity index (χ4v) is 1.15. The minimum Gasteiger partial charge on any atom is -0.382 e. The molecule has 1 aromatic rings. The van der Waals surface area contributed by atoms with Gasteiger partial charge in [0.1, 0.15) is 0 Å². The Morgan fingerprint density at radius 3 is 1.82 bits per heavy atom. The fraction of sp³-hybridized carbons (Fsp3) is 0.333. The summed E-state index contributed by atoms with van der Waals surface area (Å²) in [5.41, 5.74) is 4.30. The van der Waals surface area contributed by atoms with Gasteiger partial charge in [0.05, 0.1) is 6.04 Å². The van der Waals surface area contributed by atoms with Gasteiger partial charge < -0.3 is 10.8 Å². The third kappa shape index (κ3) is 2.89. The van der Waals surface area contributed by atoms with Crippen LogP contribution < -0.4 is 5.73 Å². The Morgan fingerprint density at radius 2 is 1.47 bits per heavy atom. The van der Waals surface area contributed by atoms with Gasteiger partial charge in [-0.05, 0) is 17.7 Å². The number of aliphatic hydroxyl groups is 1. The predicted molar refractivity (Wildman–Crippen MR) is 45.3 cm³/mol. The first-order chi connectivity index (χ1) is 7.64. The van der Waals surface area contributed by atoms with Gasteiger partial charge in [0.25, 0.3) is 0 Å². The molecule has 1 rings (SSSR count). The van der Waals surface area contributed by atoms with Gasteiger partial charge in [0.2, 0.25) is 0 Å². The second-order valence-corrected chi connectivity index (χ2v) is 3.31. The van der Waals surface area contributed by atoms with Gasteiger partial charge in [-0.3, -0.25) is 0 Å². The highest BCUT2D eigenvalue weighted by molar-refractivity contribution is 5.23. The fourth-order valence-electron chi connectivity index (χ4n) is 1.15. The molecular weight excluding hydrogens is 252 g/mol.